The summed E-state index contributed by atoms with van der Waals surface area (Å²) in [4.78, 5) is 2.31. The largest absolute Gasteiger partial charge is 0.311 e. The first-order valence-corrected chi connectivity index (χ1v) is 13.1. The van der Waals surface area contributed by atoms with Crippen molar-refractivity contribution in [2.24, 2.45) is 0 Å². The summed E-state index contributed by atoms with van der Waals surface area (Å²) in [7, 11) is 0. The van der Waals surface area contributed by atoms with Crippen molar-refractivity contribution < 1.29 is 0 Å². The van der Waals surface area contributed by atoms with E-state index in [0.717, 1.165) is 22.7 Å². The molecule has 6 rings (SSSR count). The first-order chi connectivity index (χ1) is 18.8. The molecule has 5 aromatic carbocycles. The molecule has 0 aliphatic carbocycles. The van der Waals surface area contributed by atoms with E-state index in [1.54, 1.807) is 0 Å². The van der Waals surface area contributed by atoms with Gasteiger partial charge in [0.1, 0.15) is 0 Å². The molecule has 0 fully saturated rings. The Kier molecular flexibility index (Phi) is 6.37. The van der Waals surface area contributed by atoms with E-state index in [4.69, 9.17) is 0 Å². The molecule has 2 heteroatoms. The third kappa shape index (κ3) is 4.21. The minimum atomic E-state index is 1.12. The maximum Gasteiger partial charge on any atom is 0.0541 e. The quantitative estimate of drug-likeness (QED) is 0.211. The lowest BCUT2D eigenvalue weighted by molar-refractivity contribution is 1.17. The third-order valence-electron chi connectivity index (χ3n) is 7.08. The Labute approximate surface area is 224 Å². The molecule has 1 heterocycles. The second-order valence-electron chi connectivity index (χ2n) is 9.35. The molecule has 0 spiro atoms. The van der Waals surface area contributed by atoms with Gasteiger partial charge in [-0.15, -0.1) is 0 Å². The highest BCUT2D eigenvalue weighted by Crippen LogP contribution is 2.37. The van der Waals surface area contributed by atoms with Gasteiger partial charge in [0.05, 0.1) is 11.0 Å². The Morgan fingerprint density at radius 1 is 0.553 bits per heavy atom. The van der Waals surface area contributed by atoms with E-state index in [-0.39, 0.29) is 0 Å². The molecule has 0 N–H and O–H groups in total. The molecule has 0 aliphatic heterocycles. The van der Waals surface area contributed by atoms with E-state index in [2.05, 4.69) is 169 Å². The van der Waals surface area contributed by atoms with E-state index in [0.29, 0.717) is 0 Å². The van der Waals surface area contributed by atoms with Crippen LogP contribution in [0.4, 0.5) is 17.1 Å². The van der Waals surface area contributed by atoms with Crippen LogP contribution >= 0.6 is 0 Å². The van der Waals surface area contributed by atoms with Crippen molar-refractivity contribution in [3.63, 3.8) is 0 Å². The number of aromatic nitrogens is 1. The zero-order valence-corrected chi connectivity index (χ0v) is 21.8. The maximum absolute atomic E-state index is 2.36. The third-order valence-corrected chi connectivity index (χ3v) is 7.08. The van der Waals surface area contributed by atoms with Crippen molar-refractivity contribution in [1.29, 1.82) is 0 Å². The molecule has 0 saturated carbocycles. The van der Waals surface area contributed by atoms with Crippen molar-refractivity contribution in [2.75, 3.05) is 4.90 Å². The van der Waals surface area contributed by atoms with Gasteiger partial charge in [-0.3, -0.25) is 0 Å². The number of anilines is 3. The zero-order valence-electron chi connectivity index (χ0n) is 21.8. The number of allylic oxidation sites excluding steroid dienone is 4. The Bertz CT molecular complexity index is 1700. The molecule has 0 atom stereocenters. The predicted octanol–water partition coefficient (Wildman–Crippen LogP) is 10.2. The fourth-order valence-electron chi connectivity index (χ4n) is 5.32. The lowest BCUT2D eigenvalue weighted by atomic mass is 10.0. The van der Waals surface area contributed by atoms with E-state index < -0.39 is 0 Å². The maximum atomic E-state index is 2.36. The summed E-state index contributed by atoms with van der Waals surface area (Å²) in [5, 5.41) is 2.55. The average Bonchev–Trinajstić information content (AvgIpc) is 3.32. The van der Waals surface area contributed by atoms with Gasteiger partial charge < -0.3 is 9.47 Å². The number of hydrogen-bond acceptors (Lipinski definition) is 1. The molecule has 2 nitrogen and oxygen atoms in total. The lowest BCUT2D eigenvalue weighted by Gasteiger charge is -2.26. The van der Waals surface area contributed by atoms with E-state index in [1.165, 1.54) is 32.9 Å². The number of rotatable bonds is 6. The highest BCUT2D eigenvalue weighted by molar-refractivity contribution is 6.09. The van der Waals surface area contributed by atoms with Crippen LogP contribution in [-0.4, -0.2) is 4.57 Å². The van der Waals surface area contributed by atoms with Crippen LogP contribution in [0.25, 0.3) is 33.1 Å². The van der Waals surface area contributed by atoms with Crippen LogP contribution in [0.1, 0.15) is 19.4 Å². The number of nitrogens with zero attached hydrogens (tertiary/aromatic N) is 2. The van der Waals surface area contributed by atoms with Gasteiger partial charge in [0.2, 0.25) is 0 Å². The van der Waals surface area contributed by atoms with Gasteiger partial charge in [0, 0.05) is 33.5 Å². The molecular weight excluding hydrogens is 460 g/mol. The smallest absolute Gasteiger partial charge is 0.0541 e. The van der Waals surface area contributed by atoms with Gasteiger partial charge in [-0.25, -0.2) is 0 Å². The molecule has 6 aromatic rings. The van der Waals surface area contributed by atoms with Crippen LogP contribution in [0.2, 0.25) is 0 Å². The molecular formula is C36H30N2. The second kappa shape index (κ2) is 10.3. The first kappa shape index (κ1) is 23.6. The molecule has 0 unspecified atom stereocenters. The van der Waals surface area contributed by atoms with Gasteiger partial charge in [0.15, 0.2) is 0 Å². The molecule has 0 bridgehead atoms. The Morgan fingerprint density at radius 2 is 1.05 bits per heavy atom. The highest BCUT2D eigenvalue weighted by Gasteiger charge is 2.15. The summed E-state index contributed by atoms with van der Waals surface area (Å²) in [6.45, 7) is 4.14. The minimum absolute atomic E-state index is 1.12. The van der Waals surface area contributed by atoms with Gasteiger partial charge in [-0.05, 0) is 85.6 Å². The fourth-order valence-corrected chi connectivity index (χ4v) is 5.32. The number of fused-ring (bicyclic) bond motifs is 3. The van der Waals surface area contributed by atoms with Crippen LogP contribution in [-0.2, 0) is 0 Å². The SMILES string of the molecule is C/C=C\C(=C/C)c1ccc(N(c2ccccc2)c2ccc(-n3c4ccccc4c4ccccc43)cc2)cc1. The van der Waals surface area contributed by atoms with Crippen molar-refractivity contribution >= 4 is 44.4 Å². The second-order valence-corrected chi connectivity index (χ2v) is 9.35. The van der Waals surface area contributed by atoms with Gasteiger partial charge in [-0.1, -0.05) is 85.0 Å². The zero-order chi connectivity index (χ0) is 25.9. The van der Waals surface area contributed by atoms with Crippen molar-refractivity contribution in [2.45, 2.75) is 13.8 Å². The topological polar surface area (TPSA) is 8.17 Å². The summed E-state index contributed by atoms with van der Waals surface area (Å²) in [6, 6.07) is 45.5. The lowest BCUT2D eigenvalue weighted by Crippen LogP contribution is -2.10. The fraction of sp³-hybridized carbons (Fsp3) is 0.0556. The van der Waals surface area contributed by atoms with Crippen molar-refractivity contribution in [1.82, 2.24) is 4.57 Å². The standard InChI is InChI=1S/C36H30N2/c1-3-12-27(4-2)28-19-21-30(22-20-28)37(29-13-6-5-7-14-29)31-23-25-32(26-24-31)38-35-17-10-8-15-33(35)34-16-9-11-18-36(34)38/h3-26H,1-2H3/b12-3-,27-4+. The monoisotopic (exact) mass is 490 g/mol. The van der Waals surface area contributed by atoms with Gasteiger partial charge >= 0.3 is 0 Å². The van der Waals surface area contributed by atoms with E-state index >= 15 is 0 Å². The van der Waals surface area contributed by atoms with Crippen LogP contribution in [0.3, 0.4) is 0 Å². The van der Waals surface area contributed by atoms with Gasteiger partial charge in [0.25, 0.3) is 0 Å². The number of benzene rings is 5. The van der Waals surface area contributed by atoms with E-state index in [9.17, 15) is 0 Å². The summed E-state index contributed by atoms with van der Waals surface area (Å²) in [5.41, 5.74) is 9.40. The van der Waals surface area contributed by atoms with Crippen LogP contribution in [0, 0.1) is 0 Å². The Hall–Kier alpha value is -4.82. The first-order valence-electron chi connectivity index (χ1n) is 13.1. The molecule has 1 aromatic heterocycles. The molecule has 0 aliphatic rings. The van der Waals surface area contributed by atoms with Crippen LogP contribution in [0.5, 0.6) is 0 Å². The summed E-state index contributed by atoms with van der Waals surface area (Å²) >= 11 is 0. The average molecular weight is 491 g/mol. The van der Waals surface area contributed by atoms with Gasteiger partial charge in [-0.2, -0.15) is 0 Å². The normalized spacial score (nSPS) is 12.0. The predicted molar refractivity (Wildman–Crippen MR) is 164 cm³/mol. The molecule has 0 saturated heterocycles. The van der Waals surface area contributed by atoms with Crippen molar-refractivity contribution in [3.8, 4) is 5.69 Å². The summed E-state index contributed by atoms with van der Waals surface area (Å²) in [6.07, 6.45) is 6.38. The molecule has 0 radical (unpaired) electrons. The number of para-hydroxylation sites is 3. The van der Waals surface area contributed by atoms with Crippen LogP contribution < -0.4 is 4.90 Å². The molecule has 0 amide bonds. The molecule has 184 valence electrons. The number of hydrogen-bond donors (Lipinski definition) is 0. The van der Waals surface area contributed by atoms with Crippen molar-refractivity contribution in [3.05, 3.63) is 151 Å². The summed E-state index contributed by atoms with van der Waals surface area (Å²) < 4.78 is 2.36. The Balaban J connectivity index is 1.44. The Morgan fingerprint density at radius 3 is 1.61 bits per heavy atom. The molecule has 38 heavy (non-hydrogen) atoms. The van der Waals surface area contributed by atoms with E-state index in [1.807, 2.05) is 0 Å². The summed E-state index contributed by atoms with van der Waals surface area (Å²) in [5.74, 6) is 0. The van der Waals surface area contributed by atoms with Crippen LogP contribution in [0.15, 0.2) is 146 Å². The highest BCUT2D eigenvalue weighted by atomic mass is 15.1. The minimum Gasteiger partial charge on any atom is -0.311 e.